The largest absolute Gasteiger partial charge is 0.497 e. The molecule has 3 atom stereocenters. The van der Waals surface area contributed by atoms with E-state index in [-0.39, 0.29) is 6.04 Å². The summed E-state index contributed by atoms with van der Waals surface area (Å²) in [6, 6.07) is 6.21. The second-order valence-electron chi connectivity index (χ2n) is 5.60. The van der Waals surface area contributed by atoms with Gasteiger partial charge in [0.15, 0.2) is 0 Å². The minimum atomic E-state index is 0.240. The zero-order valence-electron chi connectivity index (χ0n) is 13.5. The molecule has 1 aliphatic rings. The highest BCUT2D eigenvalue weighted by Gasteiger charge is 2.27. The smallest absolute Gasteiger partial charge is 0.127 e. The number of nitrogens with one attached hydrogen (secondary N) is 1. The van der Waals surface area contributed by atoms with Gasteiger partial charge in [-0.25, -0.2) is 0 Å². The fourth-order valence-electron chi connectivity index (χ4n) is 2.99. The van der Waals surface area contributed by atoms with Crippen LogP contribution in [0, 0.1) is 5.92 Å². The standard InChI is InChI=1S/C17H27NO3/c1-5-16-13(8-9-21-16)11-18-12(2)15-7-6-14(19-3)10-17(15)20-4/h6-7,10,12-13,16,18H,5,8-9,11H2,1-4H3. The van der Waals surface area contributed by atoms with Gasteiger partial charge in [0.1, 0.15) is 11.5 Å². The van der Waals surface area contributed by atoms with E-state index in [1.165, 1.54) is 0 Å². The second-order valence-corrected chi connectivity index (χ2v) is 5.60. The van der Waals surface area contributed by atoms with Crippen molar-refractivity contribution in [2.24, 2.45) is 5.92 Å². The molecule has 0 radical (unpaired) electrons. The van der Waals surface area contributed by atoms with Crippen LogP contribution in [0.15, 0.2) is 18.2 Å². The Morgan fingerprint density at radius 2 is 2.14 bits per heavy atom. The average Bonchev–Trinajstić information content (AvgIpc) is 2.99. The van der Waals surface area contributed by atoms with Crippen LogP contribution < -0.4 is 14.8 Å². The molecule has 1 aromatic carbocycles. The number of hydrogen-bond donors (Lipinski definition) is 1. The third-order valence-corrected chi connectivity index (χ3v) is 4.34. The quantitative estimate of drug-likeness (QED) is 0.838. The summed E-state index contributed by atoms with van der Waals surface area (Å²) < 4.78 is 16.5. The Balaban J connectivity index is 1.98. The van der Waals surface area contributed by atoms with Crippen LogP contribution in [-0.2, 0) is 4.74 Å². The summed E-state index contributed by atoms with van der Waals surface area (Å²) in [5.74, 6) is 2.30. The first-order valence-corrected chi connectivity index (χ1v) is 7.76. The molecular formula is C17H27NO3. The average molecular weight is 293 g/mol. The molecule has 4 heteroatoms. The van der Waals surface area contributed by atoms with E-state index in [4.69, 9.17) is 14.2 Å². The van der Waals surface area contributed by atoms with Crippen molar-refractivity contribution in [3.05, 3.63) is 23.8 Å². The first-order valence-electron chi connectivity index (χ1n) is 7.76. The van der Waals surface area contributed by atoms with Gasteiger partial charge in [0.25, 0.3) is 0 Å². The van der Waals surface area contributed by atoms with Crippen molar-refractivity contribution in [2.45, 2.75) is 38.8 Å². The Bertz CT molecular complexity index is 450. The van der Waals surface area contributed by atoms with Gasteiger partial charge in [0.05, 0.1) is 20.3 Å². The molecule has 0 bridgehead atoms. The van der Waals surface area contributed by atoms with E-state index in [1.807, 2.05) is 12.1 Å². The summed E-state index contributed by atoms with van der Waals surface area (Å²) in [6.45, 7) is 6.24. The van der Waals surface area contributed by atoms with Gasteiger partial charge in [-0.3, -0.25) is 0 Å². The van der Waals surface area contributed by atoms with E-state index in [0.29, 0.717) is 12.0 Å². The van der Waals surface area contributed by atoms with Crippen LogP contribution in [0.5, 0.6) is 11.5 Å². The molecule has 1 aromatic rings. The molecular weight excluding hydrogens is 266 g/mol. The molecule has 1 N–H and O–H groups in total. The van der Waals surface area contributed by atoms with Crippen LogP contribution in [0.3, 0.4) is 0 Å². The third-order valence-electron chi connectivity index (χ3n) is 4.34. The predicted octanol–water partition coefficient (Wildman–Crippen LogP) is 3.17. The molecule has 118 valence electrons. The second kappa shape index (κ2) is 7.66. The van der Waals surface area contributed by atoms with E-state index in [0.717, 1.165) is 43.1 Å². The van der Waals surface area contributed by atoms with Crippen LogP contribution in [0.1, 0.15) is 38.3 Å². The summed E-state index contributed by atoms with van der Waals surface area (Å²) >= 11 is 0. The first kappa shape index (κ1) is 16.1. The van der Waals surface area contributed by atoms with E-state index >= 15 is 0 Å². The van der Waals surface area contributed by atoms with Crippen LogP contribution >= 0.6 is 0 Å². The fourth-order valence-corrected chi connectivity index (χ4v) is 2.99. The molecule has 0 amide bonds. The van der Waals surface area contributed by atoms with Gasteiger partial charge < -0.3 is 19.5 Å². The van der Waals surface area contributed by atoms with Gasteiger partial charge in [-0.2, -0.15) is 0 Å². The number of methoxy groups -OCH3 is 2. The highest BCUT2D eigenvalue weighted by molar-refractivity contribution is 5.42. The van der Waals surface area contributed by atoms with Crippen LogP contribution in [-0.4, -0.2) is 33.5 Å². The Kier molecular flexibility index (Phi) is 5.88. The lowest BCUT2D eigenvalue weighted by Gasteiger charge is -2.22. The maximum absolute atomic E-state index is 5.75. The molecule has 1 heterocycles. The van der Waals surface area contributed by atoms with Gasteiger partial charge >= 0.3 is 0 Å². The Morgan fingerprint density at radius 1 is 1.33 bits per heavy atom. The van der Waals surface area contributed by atoms with Crippen LogP contribution in [0.2, 0.25) is 0 Å². The lowest BCUT2D eigenvalue weighted by molar-refractivity contribution is 0.0867. The SMILES string of the molecule is CCC1OCCC1CNC(C)c1ccc(OC)cc1OC. The van der Waals surface area contributed by atoms with Crippen molar-refractivity contribution in [2.75, 3.05) is 27.4 Å². The maximum Gasteiger partial charge on any atom is 0.127 e. The Labute approximate surface area is 127 Å². The molecule has 0 aliphatic carbocycles. The highest BCUT2D eigenvalue weighted by atomic mass is 16.5. The number of rotatable bonds is 7. The molecule has 4 nitrogen and oxygen atoms in total. The molecule has 1 fully saturated rings. The maximum atomic E-state index is 5.75. The van der Waals surface area contributed by atoms with Gasteiger partial charge in [0, 0.05) is 30.8 Å². The van der Waals surface area contributed by atoms with Crippen molar-refractivity contribution < 1.29 is 14.2 Å². The molecule has 21 heavy (non-hydrogen) atoms. The zero-order chi connectivity index (χ0) is 15.2. The van der Waals surface area contributed by atoms with Crippen molar-refractivity contribution in [1.29, 1.82) is 0 Å². The molecule has 3 unspecified atom stereocenters. The van der Waals surface area contributed by atoms with E-state index in [9.17, 15) is 0 Å². The van der Waals surface area contributed by atoms with Crippen molar-refractivity contribution in [1.82, 2.24) is 5.32 Å². The van der Waals surface area contributed by atoms with E-state index < -0.39 is 0 Å². The summed E-state index contributed by atoms with van der Waals surface area (Å²) in [5.41, 5.74) is 1.16. The monoisotopic (exact) mass is 293 g/mol. The van der Waals surface area contributed by atoms with E-state index in [1.54, 1.807) is 14.2 Å². The number of ether oxygens (including phenoxy) is 3. The molecule has 0 saturated carbocycles. The van der Waals surface area contributed by atoms with Gasteiger partial charge in [-0.15, -0.1) is 0 Å². The number of hydrogen-bond acceptors (Lipinski definition) is 4. The Morgan fingerprint density at radius 3 is 2.81 bits per heavy atom. The van der Waals surface area contributed by atoms with Crippen LogP contribution in [0.25, 0.3) is 0 Å². The van der Waals surface area contributed by atoms with E-state index in [2.05, 4.69) is 25.2 Å². The van der Waals surface area contributed by atoms with Gasteiger partial charge in [0.2, 0.25) is 0 Å². The molecule has 1 aliphatic heterocycles. The molecule has 2 rings (SSSR count). The van der Waals surface area contributed by atoms with Crippen molar-refractivity contribution in [3.8, 4) is 11.5 Å². The summed E-state index contributed by atoms with van der Waals surface area (Å²) in [4.78, 5) is 0. The van der Waals surface area contributed by atoms with Gasteiger partial charge in [-0.1, -0.05) is 13.0 Å². The highest BCUT2D eigenvalue weighted by Crippen LogP contribution is 2.30. The van der Waals surface area contributed by atoms with Crippen molar-refractivity contribution >= 4 is 0 Å². The minimum Gasteiger partial charge on any atom is -0.497 e. The summed E-state index contributed by atoms with van der Waals surface area (Å²) in [6.07, 6.45) is 2.65. The fraction of sp³-hybridized carbons (Fsp3) is 0.647. The first-order chi connectivity index (χ1) is 10.2. The van der Waals surface area contributed by atoms with Crippen molar-refractivity contribution in [3.63, 3.8) is 0 Å². The molecule has 0 spiro atoms. The van der Waals surface area contributed by atoms with Crippen LogP contribution in [0.4, 0.5) is 0 Å². The lowest BCUT2D eigenvalue weighted by Crippen LogP contribution is -2.30. The normalized spacial score (nSPS) is 23.0. The predicted molar refractivity (Wildman–Crippen MR) is 84.1 cm³/mol. The zero-order valence-corrected chi connectivity index (χ0v) is 13.5. The molecule has 0 aromatic heterocycles. The summed E-state index contributed by atoms with van der Waals surface area (Å²) in [5, 5.41) is 3.62. The lowest BCUT2D eigenvalue weighted by atomic mass is 9.98. The topological polar surface area (TPSA) is 39.7 Å². The minimum absolute atomic E-state index is 0.240. The number of benzene rings is 1. The molecule has 1 saturated heterocycles. The summed E-state index contributed by atoms with van der Waals surface area (Å²) in [7, 11) is 3.37. The third kappa shape index (κ3) is 3.89. The Hall–Kier alpha value is -1.26. The van der Waals surface area contributed by atoms with Gasteiger partial charge in [-0.05, 0) is 31.7 Å².